The summed E-state index contributed by atoms with van der Waals surface area (Å²) in [5.41, 5.74) is 5.49. The Hall–Kier alpha value is -0.610. The third kappa shape index (κ3) is 2.42. The number of esters is 1. The van der Waals surface area contributed by atoms with Crippen molar-refractivity contribution in [2.24, 2.45) is 11.7 Å². The number of carbonyl (C=O) groups is 1. The molecule has 0 spiro atoms. The second-order valence-electron chi connectivity index (χ2n) is 3.63. The van der Waals surface area contributed by atoms with Gasteiger partial charge in [0.25, 0.3) is 0 Å². The molecule has 0 aromatic rings. The third-order valence-corrected chi connectivity index (χ3v) is 2.50. The highest BCUT2D eigenvalue weighted by molar-refractivity contribution is 5.71. The number of hydrogen-bond donors (Lipinski definition) is 1. The lowest BCUT2D eigenvalue weighted by molar-refractivity contribution is -0.144. The zero-order valence-corrected chi connectivity index (χ0v) is 8.21. The molecule has 1 saturated heterocycles. The fraction of sp³-hybridized carbons (Fsp3) is 0.889. The fourth-order valence-corrected chi connectivity index (χ4v) is 1.44. The first-order valence-electron chi connectivity index (χ1n) is 4.60. The van der Waals surface area contributed by atoms with Gasteiger partial charge in [-0.25, -0.2) is 0 Å². The number of carbonyl (C=O) groups excluding carboxylic acids is 1. The zero-order chi connectivity index (χ0) is 9.90. The van der Waals surface area contributed by atoms with Crippen molar-refractivity contribution in [2.45, 2.75) is 25.8 Å². The Morgan fingerprint density at radius 1 is 1.77 bits per heavy atom. The van der Waals surface area contributed by atoms with E-state index in [4.69, 9.17) is 15.2 Å². The topological polar surface area (TPSA) is 61.5 Å². The standard InChI is InChI=1S/C9H17NO3/c1-3-13-8(11)4-9(10)6-12-5-7(9)2/h7H,3-6,10H2,1-2H3. The van der Waals surface area contributed by atoms with Crippen LogP contribution in [-0.2, 0) is 14.3 Å². The highest BCUT2D eigenvalue weighted by Crippen LogP contribution is 2.26. The summed E-state index contributed by atoms with van der Waals surface area (Å²) < 4.78 is 10.1. The Kier molecular flexibility index (Phi) is 3.27. The van der Waals surface area contributed by atoms with Gasteiger partial charge in [0.15, 0.2) is 0 Å². The molecule has 4 nitrogen and oxygen atoms in total. The quantitative estimate of drug-likeness (QED) is 0.646. The normalized spacial score (nSPS) is 33.3. The summed E-state index contributed by atoms with van der Waals surface area (Å²) in [4.78, 5) is 11.2. The smallest absolute Gasteiger partial charge is 0.307 e. The van der Waals surface area contributed by atoms with E-state index in [9.17, 15) is 4.79 Å². The lowest BCUT2D eigenvalue weighted by Gasteiger charge is -2.25. The maximum absolute atomic E-state index is 11.2. The van der Waals surface area contributed by atoms with E-state index in [1.807, 2.05) is 6.92 Å². The zero-order valence-electron chi connectivity index (χ0n) is 8.21. The lowest BCUT2D eigenvalue weighted by Crippen LogP contribution is -2.47. The van der Waals surface area contributed by atoms with Crippen molar-refractivity contribution in [3.8, 4) is 0 Å². The highest BCUT2D eigenvalue weighted by Gasteiger charge is 2.39. The number of nitrogens with two attached hydrogens (primary N) is 1. The van der Waals surface area contributed by atoms with Gasteiger partial charge in [-0.2, -0.15) is 0 Å². The predicted octanol–water partition coefficient (Wildman–Crippen LogP) is 0.303. The van der Waals surface area contributed by atoms with Gasteiger partial charge >= 0.3 is 5.97 Å². The summed E-state index contributed by atoms with van der Waals surface area (Å²) in [5.74, 6) is -0.0146. The van der Waals surface area contributed by atoms with E-state index in [0.717, 1.165) is 0 Å². The van der Waals surface area contributed by atoms with E-state index in [0.29, 0.717) is 19.8 Å². The molecule has 1 fully saturated rings. The molecule has 2 unspecified atom stereocenters. The molecule has 0 amide bonds. The van der Waals surface area contributed by atoms with E-state index in [1.54, 1.807) is 6.92 Å². The molecular formula is C9H17NO3. The SMILES string of the molecule is CCOC(=O)CC1(N)COCC1C. The van der Waals surface area contributed by atoms with E-state index >= 15 is 0 Å². The van der Waals surface area contributed by atoms with E-state index < -0.39 is 5.54 Å². The maximum atomic E-state index is 11.2. The summed E-state index contributed by atoms with van der Waals surface area (Å²) in [6.45, 7) is 5.27. The van der Waals surface area contributed by atoms with Gasteiger partial charge in [-0.3, -0.25) is 4.79 Å². The molecule has 1 aliphatic rings. The Bertz CT molecular complexity index is 195. The minimum atomic E-state index is -0.522. The van der Waals surface area contributed by atoms with Gasteiger partial charge in [-0.05, 0) is 6.92 Å². The summed E-state index contributed by atoms with van der Waals surface area (Å²) in [6.07, 6.45) is 0.252. The number of rotatable bonds is 3. The van der Waals surface area contributed by atoms with Gasteiger partial charge in [0.2, 0.25) is 0 Å². The van der Waals surface area contributed by atoms with E-state index in [2.05, 4.69) is 0 Å². The molecule has 0 aromatic heterocycles. The van der Waals surface area contributed by atoms with Gasteiger partial charge in [-0.15, -0.1) is 0 Å². The second kappa shape index (κ2) is 4.07. The van der Waals surface area contributed by atoms with Crippen LogP contribution >= 0.6 is 0 Å². The average molecular weight is 187 g/mol. The fourth-order valence-electron chi connectivity index (χ4n) is 1.44. The second-order valence-corrected chi connectivity index (χ2v) is 3.63. The molecular weight excluding hydrogens is 170 g/mol. The molecule has 0 aromatic carbocycles. The van der Waals surface area contributed by atoms with Crippen molar-refractivity contribution in [1.29, 1.82) is 0 Å². The van der Waals surface area contributed by atoms with Gasteiger partial charge in [-0.1, -0.05) is 6.92 Å². The predicted molar refractivity (Wildman–Crippen MR) is 48.2 cm³/mol. The minimum Gasteiger partial charge on any atom is -0.466 e. The van der Waals surface area contributed by atoms with Crippen LogP contribution in [0.4, 0.5) is 0 Å². The van der Waals surface area contributed by atoms with Crippen LogP contribution in [-0.4, -0.2) is 31.3 Å². The molecule has 76 valence electrons. The van der Waals surface area contributed by atoms with Crippen LogP contribution in [0.2, 0.25) is 0 Å². The molecule has 1 rings (SSSR count). The summed E-state index contributed by atoms with van der Waals surface area (Å²) >= 11 is 0. The molecule has 1 aliphatic heterocycles. The molecule has 0 saturated carbocycles. The molecule has 0 aliphatic carbocycles. The first-order chi connectivity index (χ1) is 6.08. The van der Waals surface area contributed by atoms with E-state index in [1.165, 1.54) is 0 Å². The Morgan fingerprint density at radius 3 is 2.92 bits per heavy atom. The van der Waals surface area contributed by atoms with Crippen molar-refractivity contribution < 1.29 is 14.3 Å². The Morgan fingerprint density at radius 2 is 2.46 bits per heavy atom. The van der Waals surface area contributed by atoms with Crippen molar-refractivity contribution in [3.05, 3.63) is 0 Å². The molecule has 1 heterocycles. The minimum absolute atomic E-state index is 0.219. The number of ether oxygens (including phenoxy) is 2. The molecule has 0 bridgehead atoms. The largest absolute Gasteiger partial charge is 0.466 e. The van der Waals surface area contributed by atoms with Crippen LogP contribution in [0.3, 0.4) is 0 Å². The summed E-state index contributed by atoms with van der Waals surface area (Å²) in [5, 5.41) is 0. The summed E-state index contributed by atoms with van der Waals surface area (Å²) in [6, 6.07) is 0. The van der Waals surface area contributed by atoms with Crippen LogP contribution in [0, 0.1) is 5.92 Å². The summed E-state index contributed by atoms with van der Waals surface area (Å²) in [7, 11) is 0. The first kappa shape index (κ1) is 10.5. The monoisotopic (exact) mass is 187 g/mol. The molecule has 4 heteroatoms. The lowest BCUT2D eigenvalue weighted by atomic mass is 9.86. The highest BCUT2D eigenvalue weighted by atomic mass is 16.5. The van der Waals surface area contributed by atoms with Crippen molar-refractivity contribution in [2.75, 3.05) is 19.8 Å². The third-order valence-electron chi connectivity index (χ3n) is 2.50. The van der Waals surface area contributed by atoms with E-state index in [-0.39, 0.29) is 18.3 Å². The average Bonchev–Trinajstić information content (AvgIpc) is 2.32. The van der Waals surface area contributed by atoms with Gasteiger partial charge in [0.05, 0.1) is 31.8 Å². The van der Waals surface area contributed by atoms with Crippen LogP contribution < -0.4 is 5.73 Å². The van der Waals surface area contributed by atoms with Crippen LogP contribution in [0.15, 0.2) is 0 Å². The maximum Gasteiger partial charge on any atom is 0.307 e. The van der Waals surface area contributed by atoms with Gasteiger partial charge in [0.1, 0.15) is 0 Å². The molecule has 2 atom stereocenters. The Labute approximate surface area is 78.4 Å². The van der Waals surface area contributed by atoms with Gasteiger partial charge in [0, 0.05) is 5.92 Å². The van der Waals surface area contributed by atoms with Crippen molar-refractivity contribution in [1.82, 2.24) is 0 Å². The molecule has 13 heavy (non-hydrogen) atoms. The molecule has 2 N–H and O–H groups in total. The number of hydrogen-bond acceptors (Lipinski definition) is 4. The Balaban J connectivity index is 2.46. The van der Waals surface area contributed by atoms with Crippen molar-refractivity contribution in [3.63, 3.8) is 0 Å². The van der Waals surface area contributed by atoms with Crippen LogP contribution in [0.5, 0.6) is 0 Å². The van der Waals surface area contributed by atoms with Gasteiger partial charge < -0.3 is 15.2 Å². The van der Waals surface area contributed by atoms with Crippen molar-refractivity contribution >= 4 is 5.97 Å². The molecule has 0 radical (unpaired) electrons. The van der Waals surface area contributed by atoms with Crippen LogP contribution in [0.25, 0.3) is 0 Å². The first-order valence-corrected chi connectivity index (χ1v) is 4.60. The van der Waals surface area contributed by atoms with Crippen LogP contribution in [0.1, 0.15) is 20.3 Å².